The van der Waals surface area contributed by atoms with E-state index in [0.29, 0.717) is 0 Å². The highest BCUT2D eigenvalue weighted by Gasteiger charge is 2.15. The molecule has 0 heterocycles. The van der Waals surface area contributed by atoms with E-state index in [9.17, 15) is 12.8 Å². The lowest BCUT2D eigenvalue weighted by atomic mass is 10.1. The molecular formula is C13H19FO3S. The number of aryl methyl sites for hydroxylation is 1. The highest BCUT2D eigenvalue weighted by atomic mass is 32.2. The molecule has 0 fully saturated rings. The van der Waals surface area contributed by atoms with Gasteiger partial charge in [-0.3, -0.25) is 4.55 Å². The van der Waals surface area contributed by atoms with Gasteiger partial charge in [-0.15, -0.1) is 0 Å². The van der Waals surface area contributed by atoms with Crippen molar-refractivity contribution in [1.82, 2.24) is 0 Å². The first-order valence-corrected chi connectivity index (χ1v) is 7.65. The van der Waals surface area contributed by atoms with E-state index >= 15 is 0 Å². The van der Waals surface area contributed by atoms with Gasteiger partial charge in [-0.25, -0.2) is 4.39 Å². The first-order valence-electron chi connectivity index (χ1n) is 6.21. The largest absolute Gasteiger partial charge is 0.297 e. The lowest BCUT2D eigenvalue weighted by Gasteiger charge is -2.04. The molecule has 0 amide bonds. The molecule has 3 nitrogen and oxygen atoms in total. The summed E-state index contributed by atoms with van der Waals surface area (Å²) in [5.74, 6) is -0.886. The molecule has 18 heavy (non-hydrogen) atoms. The van der Waals surface area contributed by atoms with Crippen molar-refractivity contribution >= 4 is 10.1 Å². The van der Waals surface area contributed by atoms with Gasteiger partial charge in [0.25, 0.3) is 10.1 Å². The Morgan fingerprint density at radius 2 is 1.83 bits per heavy atom. The molecule has 0 aliphatic rings. The van der Waals surface area contributed by atoms with Gasteiger partial charge >= 0.3 is 0 Å². The molecular weight excluding hydrogens is 255 g/mol. The van der Waals surface area contributed by atoms with Gasteiger partial charge in [0.1, 0.15) is 10.7 Å². The predicted octanol–water partition coefficient (Wildman–Crippen LogP) is 3.59. The molecule has 1 aromatic carbocycles. The Bertz CT molecular complexity index is 483. The van der Waals surface area contributed by atoms with Crippen LogP contribution in [0, 0.1) is 5.82 Å². The Kier molecular flexibility index (Phi) is 5.75. The zero-order valence-electron chi connectivity index (χ0n) is 10.5. The van der Waals surface area contributed by atoms with Crippen molar-refractivity contribution in [3.05, 3.63) is 29.6 Å². The molecule has 0 bridgehead atoms. The minimum Gasteiger partial charge on any atom is -0.282 e. The summed E-state index contributed by atoms with van der Waals surface area (Å²) in [6, 6.07) is 3.85. The number of hydrogen-bond acceptors (Lipinski definition) is 2. The van der Waals surface area contributed by atoms with Gasteiger partial charge in [0.05, 0.1) is 0 Å². The van der Waals surface area contributed by atoms with Crippen LogP contribution in [0.5, 0.6) is 0 Å². The van der Waals surface area contributed by atoms with E-state index in [1.807, 2.05) is 0 Å². The third-order valence-corrected chi connectivity index (χ3v) is 3.73. The van der Waals surface area contributed by atoms with Gasteiger partial charge in [0.2, 0.25) is 0 Å². The molecule has 1 aromatic rings. The van der Waals surface area contributed by atoms with Crippen LogP contribution in [0.2, 0.25) is 0 Å². The van der Waals surface area contributed by atoms with E-state index in [4.69, 9.17) is 4.55 Å². The number of rotatable bonds is 7. The molecule has 1 N–H and O–H groups in total. The standard InChI is InChI=1S/C13H19FO3S/c1-2-3-4-5-6-7-11-8-9-13(12(14)10-11)18(15,16)17/h8-10H,2-7H2,1H3,(H,15,16,17). The number of benzene rings is 1. The predicted molar refractivity (Wildman–Crippen MR) is 68.7 cm³/mol. The first kappa shape index (κ1) is 15.1. The molecule has 0 saturated heterocycles. The van der Waals surface area contributed by atoms with Gasteiger partial charge in [-0.1, -0.05) is 38.7 Å². The number of halogens is 1. The van der Waals surface area contributed by atoms with Crippen LogP contribution in [0.3, 0.4) is 0 Å². The van der Waals surface area contributed by atoms with E-state index in [1.165, 1.54) is 25.3 Å². The van der Waals surface area contributed by atoms with E-state index in [1.54, 1.807) is 6.07 Å². The summed E-state index contributed by atoms with van der Waals surface area (Å²) in [6.45, 7) is 2.14. The van der Waals surface area contributed by atoms with Crippen molar-refractivity contribution in [2.75, 3.05) is 0 Å². The van der Waals surface area contributed by atoms with Crippen LogP contribution in [0.15, 0.2) is 23.1 Å². The molecule has 0 aliphatic carbocycles. The molecule has 0 unspecified atom stereocenters. The quantitative estimate of drug-likeness (QED) is 0.610. The van der Waals surface area contributed by atoms with Gasteiger partial charge in [0, 0.05) is 0 Å². The molecule has 1 rings (SSSR count). The van der Waals surface area contributed by atoms with Crippen LogP contribution in [-0.2, 0) is 16.5 Å². The van der Waals surface area contributed by atoms with Crippen molar-refractivity contribution in [2.24, 2.45) is 0 Å². The summed E-state index contributed by atoms with van der Waals surface area (Å²) in [4.78, 5) is -0.655. The molecule has 0 aliphatic heterocycles. The highest BCUT2D eigenvalue weighted by Crippen LogP contribution is 2.17. The lowest BCUT2D eigenvalue weighted by Crippen LogP contribution is -2.02. The average Bonchev–Trinajstić information content (AvgIpc) is 2.27. The van der Waals surface area contributed by atoms with Crippen molar-refractivity contribution in [1.29, 1.82) is 0 Å². The second-order valence-electron chi connectivity index (χ2n) is 4.40. The molecule has 5 heteroatoms. The van der Waals surface area contributed by atoms with Crippen LogP contribution >= 0.6 is 0 Å². The Balaban J connectivity index is 2.57. The first-order chi connectivity index (χ1) is 8.45. The second kappa shape index (κ2) is 6.85. The highest BCUT2D eigenvalue weighted by molar-refractivity contribution is 7.85. The average molecular weight is 274 g/mol. The van der Waals surface area contributed by atoms with Gasteiger partial charge < -0.3 is 0 Å². The maximum Gasteiger partial charge on any atom is 0.297 e. The Morgan fingerprint density at radius 3 is 2.39 bits per heavy atom. The van der Waals surface area contributed by atoms with Crippen LogP contribution in [-0.4, -0.2) is 13.0 Å². The third kappa shape index (κ3) is 4.74. The molecule has 0 atom stereocenters. The van der Waals surface area contributed by atoms with Gasteiger partial charge in [-0.05, 0) is 30.5 Å². The third-order valence-electron chi connectivity index (χ3n) is 2.84. The van der Waals surface area contributed by atoms with Crippen molar-refractivity contribution in [3.8, 4) is 0 Å². The van der Waals surface area contributed by atoms with Crippen LogP contribution in [0.1, 0.15) is 44.6 Å². The normalized spacial score (nSPS) is 11.7. The van der Waals surface area contributed by atoms with Crippen molar-refractivity contribution in [2.45, 2.75) is 50.3 Å². The summed E-state index contributed by atoms with van der Waals surface area (Å²) >= 11 is 0. The summed E-state index contributed by atoms with van der Waals surface area (Å²) in [5, 5.41) is 0. The lowest BCUT2D eigenvalue weighted by molar-refractivity contribution is 0.473. The molecule has 102 valence electrons. The van der Waals surface area contributed by atoms with Crippen molar-refractivity contribution < 1.29 is 17.4 Å². The smallest absolute Gasteiger partial charge is 0.282 e. The monoisotopic (exact) mass is 274 g/mol. The van der Waals surface area contributed by atoms with E-state index in [2.05, 4.69) is 6.92 Å². The summed E-state index contributed by atoms with van der Waals surface area (Å²) < 4.78 is 43.8. The zero-order chi connectivity index (χ0) is 13.6. The van der Waals surface area contributed by atoms with E-state index in [0.717, 1.165) is 30.9 Å². The van der Waals surface area contributed by atoms with Crippen molar-refractivity contribution in [3.63, 3.8) is 0 Å². The zero-order valence-corrected chi connectivity index (χ0v) is 11.3. The van der Waals surface area contributed by atoms with Crippen LogP contribution < -0.4 is 0 Å². The van der Waals surface area contributed by atoms with Gasteiger partial charge in [0.15, 0.2) is 0 Å². The van der Waals surface area contributed by atoms with E-state index in [-0.39, 0.29) is 0 Å². The molecule has 0 saturated carbocycles. The summed E-state index contributed by atoms with van der Waals surface area (Å²) in [6.07, 6.45) is 6.34. The Hall–Kier alpha value is -0.940. The fourth-order valence-corrected chi connectivity index (χ4v) is 2.39. The van der Waals surface area contributed by atoms with E-state index < -0.39 is 20.8 Å². The number of hydrogen-bond donors (Lipinski definition) is 1. The maximum atomic E-state index is 13.4. The topological polar surface area (TPSA) is 54.4 Å². The van der Waals surface area contributed by atoms with Gasteiger partial charge in [-0.2, -0.15) is 8.42 Å². The summed E-state index contributed by atoms with van der Waals surface area (Å²) in [7, 11) is -4.46. The van der Waals surface area contributed by atoms with Crippen LogP contribution in [0.25, 0.3) is 0 Å². The minimum atomic E-state index is -4.46. The second-order valence-corrected chi connectivity index (χ2v) is 5.79. The Morgan fingerprint density at radius 1 is 1.17 bits per heavy atom. The fraction of sp³-hybridized carbons (Fsp3) is 0.538. The summed E-state index contributed by atoms with van der Waals surface area (Å²) in [5.41, 5.74) is 0.761. The molecule has 0 aromatic heterocycles. The SMILES string of the molecule is CCCCCCCc1ccc(S(=O)(=O)O)c(F)c1. The molecule has 0 radical (unpaired) electrons. The maximum absolute atomic E-state index is 13.4. The minimum absolute atomic E-state index is 0.655. The fourth-order valence-electron chi connectivity index (χ4n) is 1.84. The van der Waals surface area contributed by atoms with Crippen LogP contribution in [0.4, 0.5) is 4.39 Å². The number of unbranched alkanes of at least 4 members (excludes halogenated alkanes) is 4. The Labute approximate surface area is 108 Å². The molecule has 0 spiro atoms.